The topological polar surface area (TPSA) is 93.0 Å². The number of halogens is 1. The molecule has 0 saturated carbocycles. The standard InChI is InChI=1S/C23H25FN6O2S/c1-4-17-20(5-2)30(11-12-31)21(27-17)14-29(3)10-8-22-28-19(15-33-22)23(32)26-13-18-16(24)7-6-9-25-18/h4-7,9,12,15H,1-2,8,10-11,13-14H2,3H3,(H,26,32). The van der Waals surface area contributed by atoms with Gasteiger partial charge in [0.2, 0.25) is 0 Å². The molecule has 1 amide bonds. The van der Waals surface area contributed by atoms with E-state index in [2.05, 4.69) is 38.3 Å². The van der Waals surface area contributed by atoms with Crippen molar-refractivity contribution in [1.82, 2.24) is 29.7 Å². The minimum Gasteiger partial charge on any atom is -0.345 e. The summed E-state index contributed by atoms with van der Waals surface area (Å²) in [5.74, 6) is -0.0925. The van der Waals surface area contributed by atoms with Crippen molar-refractivity contribution in [3.8, 4) is 0 Å². The summed E-state index contributed by atoms with van der Waals surface area (Å²) in [6.45, 7) is 8.96. The number of imidazole rings is 1. The van der Waals surface area contributed by atoms with E-state index in [0.717, 1.165) is 22.8 Å². The molecule has 33 heavy (non-hydrogen) atoms. The van der Waals surface area contributed by atoms with E-state index in [1.54, 1.807) is 17.5 Å². The van der Waals surface area contributed by atoms with Crippen molar-refractivity contribution >= 4 is 35.7 Å². The Bertz CT molecular complexity index is 1160. The number of nitrogens with zero attached hydrogens (tertiary/aromatic N) is 5. The minimum absolute atomic E-state index is 0.00602. The van der Waals surface area contributed by atoms with Crippen molar-refractivity contribution in [2.75, 3.05) is 13.6 Å². The molecule has 0 saturated heterocycles. The van der Waals surface area contributed by atoms with Crippen molar-refractivity contribution in [3.63, 3.8) is 0 Å². The van der Waals surface area contributed by atoms with E-state index in [-0.39, 0.29) is 24.7 Å². The van der Waals surface area contributed by atoms with Crippen LogP contribution in [0.2, 0.25) is 0 Å². The van der Waals surface area contributed by atoms with Crippen LogP contribution in [0.25, 0.3) is 12.2 Å². The Labute approximate surface area is 195 Å². The summed E-state index contributed by atoms with van der Waals surface area (Å²) in [5, 5.41) is 5.13. The van der Waals surface area contributed by atoms with Crippen LogP contribution in [-0.2, 0) is 30.8 Å². The number of rotatable bonds is 12. The molecule has 0 atom stereocenters. The highest BCUT2D eigenvalue weighted by Crippen LogP contribution is 2.17. The summed E-state index contributed by atoms with van der Waals surface area (Å²) in [7, 11) is 1.95. The second-order valence-corrected chi connectivity index (χ2v) is 8.16. The molecule has 8 nitrogen and oxygen atoms in total. The van der Waals surface area contributed by atoms with Crippen LogP contribution >= 0.6 is 11.3 Å². The maximum absolute atomic E-state index is 13.6. The second-order valence-electron chi connectivity index (χ2n) is 7.21. The largest absolute Gasteiger partial charge is 0.345 e. The number of hydrogen-bond donors (Lipinski definition) is 1. The first-order chi connectivity index (χ1) is 16.0. The van der Waals surface area contributed by atoms with Crippen molar-refractivity contribution in [1.29, 1.82) is 0 Å². The number of hydrogen-bond acceptors (Lipinski definition) is 7. The lowest BCUT2D eigenvalue weighted by atomic mass is 10.3. The maximum Gasteiger partial charge on any atom is 0.271 e. The third kappa shape index (κ3) is 6.05. The summed E-state index contributed by atoms with van der Waals surface area (Å²) >= 11 is 1.39. The number of carbonyl (C=O) groups is 2. The summed E-state index contributed by atoms with van der Waals surface area (Å²) in [4.78, 5) is 38.4. The van der Waals surface area contributed by atoms with Crippen LogP contribution in [0.3, 0.4) is 0 Å². The molecule has 0 radical (unpaired) electrons. The SMILES string of the molecule is C=Cc1nc(CN(C)CCc2nc(C(=O)NCc3ncccc3F)cs2)n(CC=O)c1C=C. The van der Waals surface area contributed by atoms with E-state index in [1.807, 2.05) is 11.6 Å². The first-order valence-electron chi connectivity index (χ1n) is 10.2. The first-order valence-corrected chi connectivity index (χ1v) is 11.1. The fraction of sp³-hybridized carbons (Fsp3) is 0.261. The van der Waals surface area contributed by atoms with Crippen molar-refractivity contribution in [3.05, 3.63) is 76.3 Å². The van der Waals surface area contributed by atoms with Crippen molar-refractivity contribution in [2.24, 2.45) is 0 Å². The zero-order chi connectivity index (χ0) is 23.8. The molecule has 3 aromatic rings. The van der Waals surface area contributed by atoms with Crippen LogP contribution in [0.4, 0.5) is 4.39 Å². The molecule has 10 heteroatoms. The van der Waals surface area contributed by atoms with Crippen LogP contribution in [-0.4, -0.2) is 50.2 Å². The monoisotopic (exact) mass is 468 g/mol. The fourth-order valence-corrected chi connectivity index (χ4v) is 4.01. The molecule has 0 aliphatic heterocycles. The van der Waals surface area contributed by atoms with Gasteiger partial charge in [-0.1, -0.05) is 13.2 Å². The summed E-state index contributed by atoms with van der Waals surface area (Å²) in [6, 6.07) is 2.80. The Morgan fingerprint density at radius 2 is 2.15 bits per heavy atom. The lowest BCUT2D eigenvalue weighted by Crippen LogP contribution is -2.25. The Hall–Kier alpha value is -3.50. The molecule has 0 bridgehead atoms. The molecule has 3 aromatic heterocycles. The Morgan fingerprint density at radius 3 is 2.85 bits per heavy atom. The summed E-state index contributed by atoms with van der Waals surface area (Å²) in [5.41, 5.74) is 1.93. The van der Waals surface area contributed by atoms with Gasteiger partial charge < -0.3 is 14.7 Å². The Kier molecular flexibility index (Phi) is 8.34. The molecule has 0 aliphatic rings. The summed E-state index contributed by atoms with van der Waals surface area (Å²) < 4.78 is 15.5. The van der Waals surface area contributed by atoms with Gasteiger partial charge in [-0.05, 0) is 31.3 Å². The normalized spacial score (nSPS) is 10.9. The molecule has 0 aromatic carbocycles. The number of carbonyl (C=O) groups excluding carboxylic acids is 2. The van der Waals surface area contributed by atoms with Crippen LogP contribution in [0, 0.1) is 5.82 Å². The zero-order valence-electron chi connectivity index (χ0n) is 18.3. The lowest BCUT2D eigenvalue weighted by molar-refractivity contribution is -0.108. The van der Waals surface area contributed by atoms with Gasteiger partial charge in [0.1, 0.15) is 23.6 Å². The highest BCUT2D eigenvalue weighted by Gasteiger charge is 2.16. The molecule has 3 rings (SSSR count). The molecule has 0 unspecified atom stereocenters. The number of aromatic nitrogens is 4. The number of likely N-dealkylation sites (N-methyl/N-ethyl adjacent to an activating group) is 1. The predicted octanol–water partition coefficient (Wildman–Crippen LogP) is 2.96. The number of nitrogens with one attached hydrogen (secondary N) is 1. The number of amides is 1. The Balaban J connectivity index is 1.56. The number of pyridine rings is 1. The third-order valence-corrected chi connectivity index (χ3v) is 5.82. The lowest BCUT2D eigenvalue weighted by Gasteiger charge is -2.16. The molecular formula is C23H25FN6O2S. The van der Waals surface area contributed by atoms with Gasteiger partial charge in [0.15, 0.2) is 0 Å². The smallest absolute Gasteiger partial charge is 0.271 e. The van der Waals surface area contributed by atoms with E-state index in [0.29, 0.717) is 30.9 Å². The van der Waals surface area contributed by atoms with Crippen molar-refractivity contribution < 1.29 is 14.0 Å². The fourth-order valence-electron chi connectivity index (χ4n) is 3.24. The van der Waals surface area contributed by atoms with Crippen molar-refractivity contribution in [2.45, 2.75) is 26.1 Å². The number of thiazole rings is 1. The molecule has 0 fully saturated rings. The van der Waals surface area contributed by atoms with Crippen LogP contribution in [0.1, 0.15) is 38.4 Å². The van der Waals surface area contributed by atoms with E-state index >= 15 is 0 Å². The van der Waals surface area contributed by atoms with Gasteiger partial charge in [-0.25, -0.2) is 14.4 Å². The van der Waals surface area contributed by atoms with Gasteiger partial charge >= 0.3 is 0 Å². The first kappa shape index (κ1) is 24.1. The van der Waals surface area contributed by atoms with Gasteiger partial charge in [0, 0.05) is 24.5 Å². The van der Waals surface area contributed by atoms with Crippen LogP contribution < -0.4 is 5.32 Å². The predicted molar refractivity (Wildman–Crippen MR) is 126 cm³/mol. The van der Waals surface area contributed by atoms with Gasteiger partial charge in [-0.15, -0.1) is 11.3 Å². The van der Waals surface area contributed by atoms with Gasteiger partial charge in [0.05, 0.1) is 41.7 Å². The highest BCUT2D eigenvalue weighted by atomic mass is 32.1. The average Bonchev–Trinajstić information content (AvgIpc) is 3.42. The summed E-state index contributed by atoms with van der Waals surface area (Å²) in [6.07, 6.45) is 6.26. The third-order valence-electron chi connectivity index (χ3n) is 4.91. The highest BCUT2D eigenvalue weighted by molar-refractivity contribution is 7.09. The van der Waals surface area contributed by atoms with Crippen LogP contribution in [0.5, 0.6) is 0 Å². The number of aldehydes is 1. The van der Waals surface area contributed by atoms with E-state index < -0.39 is 5.82 Å². The van der Waals surface area contributed by atoms with Gasteiger partial charge in [0.25, 0.3) is 5.91 Å². The molecule has 3 heterocycles. The molecule has 1 N–H and O–H groups in total. The molecule has 0 spiro atoms. The molecular weight excluding hydrogens is 443 g/mol. The van der Waals surface area contributed by atoms with Gasteiger partial charge in [-0.3, -0.25) is 14.7 Å². The average molecular weight is 469 g/mol. The van der Waals surface area contributed by atoms with Crippen LogP contribution in [0.15, 0.2) is 36.9 Å². The molecule has 0 aliphatic carbocycles. The molecule has 172 valence electrons. The minimum atomic E-state index is -0.464. The maximum atomic E-state index is 13.6. The quantitative estimate of drug-likeness (QED) is 0.411. The zero-order valence-corrected chi connectivity index (χ0v) is 19.1. The van der Waals surface area contributed by atoms with E-state index in [1.165, 1.54) is 29.7 Å². The van der Waals surface area contributed by atoms with E-state index in [9.17, 15) is 14.0 Å². The van der Waals surface area contributed by atoms with Gasteiger partial charge in [-0.2, -0.15) is 0 Å². The Morgan fingerprint density at radius 1 is 1.33 bits per heavy atom. The second kappa shape index (κ2) is 11.4. The van der Waals surface area contributed by atoms with E-state index in [4.69, 9.17) is 0 Å².